The van der Waals surface area contributed by atoms with Gasteiger partial charge in [-0.3, -0.25) is 19.8 Å². The molecule has 0 radical (unpaired) electrons. The van der Waals surface area contributed by atoms with E-state index in [4.69, 9.17) is 16.3 Å². The number of nitrogens with one attached hydrogen (secondary N) is 3. The lowest BCUT2D eigenvalue weighted by Crippen LogP contribution is -2.36. The van der Waals surface area contributed by atoms with Crippen molar-refractivity contribution in [1.82, 2.24) is 4.68 Å². The Balaban J connectivity index is 1.63. The van der Waals surface area contributed by atoms with Crippen LogP contribution in [-0.4, -0.2) is 29.5 Å². The lowest BCUT2D eigenvalue weighted by atomic mass is 10.1. The standard InChI is InChI=1S/C26H23ClN4O4/c1-15-6-4-9-21(16(15)2)29-24(32)23-13-17-12-18(27)10-11-22(17)31(23)30-26(34)25(33)28-19-7-5-8-20(14-19)35-3/h4-14H,1-3H3,(H,28,33)(H,29,32)(H,30,34). The molecule has 0 fully saturated rings. The fraction of sp³-hybridized carbons (Fsp3) is 0.115. The highest BCUT2D eigenvalue weighted by Crippen LogP contribution is 2.25. The van der Waals surface area contributed by atoms with E-state index in [-0.39, 0.29) is 5.69 Å². The fourth-order valence-corrected chi connectivity index (χ4v) is 3.77. The Hall–Kier alpha value is -4.30. The molecule has 3 N–H and O–H groups in total. The van der Waals surface area contributed by atoms with Gasteiger partial charge in [-0.15, -0.1) is 0 Å². The van der Waals surface area contributed by atoms with Crippen molar-refractivity contribution in [3.05, 3.63) is 88.6 Å². The predicted molar refractivity (Wildman–Crippen MR) is 137 cm³/mol. The first-order valence-electron chi connectivity index (χ1n) is 10.7. The van der Waals surface area contributed by atoms with Crippen molar-refractivity contribution in [2.45, 2.75) is 13.8 Å². The number of benzene rings is 3. The van der Waals surface area contributed by atoms with E-state index in [0.29, 0.717) is 33.0 Å². The highest BCUT2D eigenvalue weighted by Gasteiger charge is 2.22. The normalized spacial score (nSPS) is 10.6. The summed E-state index contributed by atoms with van der Waals surface area (Å²) in [4.78, 5) is 38.6. The molecule has 0 aliphatic rings. The molecule has 3 amide bonds. The lowest BCUT2D eigenvalue weighted by molar-refractivity contribution is -0.133. The molecule has 4 rings (SSSR count). The minimum atomic E-state index is -0.957. The Bertz CT molecular complexity index is 1460. The number of carbonyl (C=O) groups excluding carboxylic acids is 3. The molecule has 0 spiro atoms. The number of anilines is 2. The van der Waals surface area contributed by atoms with Gasteiger partial charge in [-0.2, -0.15) is 0 Å². The molecule has 35 heavy (non-hydrogen) atoms. The molecular formula is C26H23ClN4O4. The summed E-state index contributed by atoms with van der Waals surface area (Å²) in [6.07, 6.45) is 0. The number of aromatic nitrogens is 1. The van der Waals surface area contributed by atoms with Crippen molar-refractivity contribution in [2.75, 3.05) is 23.2 Å². The number of rotatable bonds is 5. The first kappa shape index (κ1) is 23.8. The Morgan fingerprint density at radius 3 is 2.43 bits per heavy atom. The summed E-state index contributed by atoms with van der Waals surface area (Å²) in [5.74, 6) is -1.79. The van der Waals surface area contributed by atoms with E-state index in [1.54, 1.807) is 54.6 Å². The number of aryl methyl sites for hydroxylation is 1. The summed E-state index contributed by atoms with van der Waals surface area (Å²) in [7, 11) is 1.50. The van der Waals surface area contributed by atoms with Crippen LogP contribution in [0.15, 0.2) is 66.7 Å². The molecule has 1 aromatic heterocycles. The molecule has 0 unspecified atom stereocenters. The van der Waals surface area contributed by atoms with Gasteiger partial charge in [-0.1, -0.05) is 29.8 Å². The van der Waals surface area contributed by atoms with Crippen LogP contribution in [0.25, 0.3) is 10.9 Å². The zero-order valence-corrected chi connectivity index (χ0v) is 20.1. The van der Waals surface area contributed by atoms with Crippen molar-refractivity contribution in [3.63, 3.8) is 0 Å². The molecule has 3 aromatic carbocycles. The molecule has 0 aliphatic heterocycles. The van der Waals surface area contributed by atoms with Crippen LogP contribution in [0.3, 0.4) is 0 Å². The third kappa shape index (κ3) is 5.12. The Labute approximate surface area is 206 Å². The number of carbonyl (C=O) groups is 3. The largest absolute Gasteiger partial charge is 0.497 e. The van der Waals surface area contributed by atoms with E-state index in [0.717, 1.165) is 11.1 Å². The molecule has 0 saturated carbocycles. The van der Waals surface area contributed by atoms with Crippen molar-refractivity contribution in [3.8, 4) is 5.75 Å². The number of ether oxygens (including phenoxy) is 1. The average molecular weight is 491 g/mol. The van der Waals surface area contributed by atoms with E-state index in [1.807, 2.05) is 26.0 Å². The Morgan fingerprint density at radius 2 is 1.66 bits per heavy atom. The first-order chi connectivity index (χ1) is 16.8. The summed E-state index contributed by atoms with van der Waals surface area (Å²) in [6, 6.07) is 18.8. The van der Waals surface area contributed by atoms with Crippen molar-refractivity contribution >= 4 is 51.6 Å². The summed E-state index contributed by atoms with van der Waals surface area (Å²) in [5.41, 5.74) is 6.14. The van der Waals surface area contributed by atoms with E-state index in [2.05, 4.69) is 16.1 Å². The maximum atomic E-state index is 13.2. The van der Waals surface area contributed by atoms with Gasteiger partial charge in [0.25, 0.3) is 5.91 Å². The zero-order valence-electron chi connectivity index (χ0n) is 19.3. The first-order valence-corrected chi connectivity index (χ1v) is 11.1. The maximum Gasteiger partial charge on any atom is 0.328 e. The second-order valence-electron chi connectivity index (χ2n) is 7.90. The van der Waals surface area contributed by atoms with E-state index in [9.17, 15) is 14.4 Å². The minimum Gasteiger partial charge on any atom is -0.497 e. The van der Waals surface area contributed by atoms with Gasteiger partial charge in [-0.25, -0.2) is 4.68 Å². The van der Waals surface area contributed by atoms with Crippen LogP contribution < -0.4 is 20.8 Å². The smallest absolute Gasteiger partial charge is 0.328 e. The quantitative estimate of drug-likeness (QED) is 0.347. The fourth-order valence-electron chi connectivity index (χ4n) is 3.59. The van der Waals surface area contributed by atoms with Crippen LogP contribution >= 0.6 is 11.6 Å². The summed E-state index contributed by atoms with van der Waals surface area (Å²) >= 11 is 6.13. The van der Waals surface area contributed by atoms with Gasteiger partial charge in [0.2, 0.25) is 0 Å². The highest BCUT2D eigenvalue weighted by atomic mass is 35.5. The molecule has 0 bridgehead atoms. The number of nitrogens with zero attached hydrogens (tertiary/aromatic N) is 1. The summed E-state index contributed by atoms with van der Waals surface area (Å²) in [5, 5.41) is 6.49. The number of halogens is 1. The molecule has 4 aromatic rings. The Kier molecular flexibility index (Phi) is 6.75. The third-order valence-electron chi connectivity index (χ3n) is 5.60. The molecule has 0 saturated heterocycles. The van der Waals surface area contributed by atoms with Crippen molar-refractivity contribution < 1.29 is 19.1 Å². The van der Waals surface area contributed by atoms with Crippen LogP contribution in [0.2, 0.25) is 5.02 Å². The molecule has 0 aliphatic carbocycles. The van der Waals surface area contributed by atoms with Gasteiger partial charge >= 0.3 is 11.8 Å². The van der Waals surface area contributed by atoms with Gasteiger partial charge in [-0.05, 0) is 67.4 Å². The van der Waals surface area contributed by atoms with Crippen LogP contribution in [0.1, 0.15) is 21.6 Å². The van der Waals surface area contributed by atoms with Gasteiger partial charge in [0.05, 0.1) is 12.6 Å². The minimum absolute atomic E-state index is 0.130. The van der Waals surface area contributed by atoms with Crippen LogP contribution in [0.4, 0.5) is 11.4 Å². The number of amides is 3. The average Bonchev–Trinajstić information content (AvgIpc) is 3.19. The summed E-state index contributed by atoms with van der Waals surface area (Å²) < 4.78 is 6.41. The molecule has 8 nitrogen and oxygen atoms in total. The topological polar surface area (TPSA) is 101 Å². The van der Waals surface area contributed by atoms with Crippen LogP contribution in [-0.2, 0) is 9.59 Å². The zero-order chi connectivity index (χ0) is 25.1. The number of hydrogen-bond donors (Lipinski definition) is 3. The second-order valence-corrected chi connectivity index (χ2v) is 8.33. The van der Waals surface area contributed by atoms with Gasteiger partial charge in [0.15, 0.2) is 0 Å². The molecule has 1 heterocycles. The number of methoxy groups -OCH3 is 1. The van der Waals surface area contributed by atoms with E-state index < -0.39 is 17.7 Å². The highest BCUT2D eigenvalue weighted by molar-refractivity contribution is 6.42. The van der Waals surface area contributed by atoms with Crippen molar-refractivity contribution in [2.24, 2.45) is 0 Å². The molecular weight excluding hydrogens is 468 g/mol. The lowest BCUT2D eigenvalue weighted by Gasteiger charge is -2.14. The van der Waals surface area contributed by atoms with Crippen LogP contribution in [0.5, 0.6) is 5.75 Å². The van der Waals surface area contributed by atoms with E-state index >= 15 is 0 Å². The van der Waals surface area contributed by atoms with Crippen LogP contribution in [0, 0.1) is 13.8 Å². The molecule has 9 heteroatoms. The van der Waals surface area contributed by atoms with Crippen molar-refractivity contribution in [1.29, 1.82) is 0 Å². The number of hydrogen-bond acceptors (Lipinski definition) is 4. The maximum absolute atomic E-state index is 13.2. The summed E-state index contributed by atoms with van der Waals surface area (Å²) in [6.45, 7) is 3.86. The monoisotopic (exact) mass is 490 g/mol. The molecule has 0 atom stereocenters. The molecule has 178 valence electrons. The van der Waals surface area contributed by atoms with Gasteiger partial charge in [0, 0.05) is 27.8 Å². The van der Waals surface area contributed by atoms with Gasteiger partial charge < -0.3 is 15.4 Å². The third-order valence-corrected chi connectivity index (χ3v) is 5.83. The predicted octanol–water partition coefficient (Wildman–Crippen LogP) is 4.88. The van der Waals surface area contributed by atoms with Gasteiger partial charge in [0.1, 0.15) is 11.4 Å². The Morgan fingerprint density at radius 1 is 0.886 bits per heavy atom. The number of fused-ring (bicyclic) bond motifs is 1. The second kappa shape index (κ2) is 9.90. The SMILES string of the molecule is COc1cccc(NC(=O)C(=O)Nn2c(C(=O)Nc3cccc(C)c3C)cc3cc(Cl)ccc32)c1. The van der Waals surface area contributed by atoms with E-state index in [1.165, 1.54) is 11.8 Å².